The molecule has 0 radical (unpaired) electrons. The minimum Gasteiger partial charge on any atom is -0.388 e. The van der Waals surface area contributed by atoms with Crippen LogP contribution in [0.3, 0.4) is 0 Å². The van der Waals surface area contributed by atoms with E-state index in [-0.39, 0.29) is 15.9 Å². The molecule has 29 heavy (non-hydrogen) atoms. The molecule has 1 amide bonds. The van der Waals surface area contributed by atoms with Gasteiger partial charge >= 0.3 is 0 Å². The lowest BCUT2D eigenvalue weighted by Gasteiger charge is -2.11. The van der Waals surface area contributed by atoms with Gasteiger partial charge in [-0.05, 0) is 56.2 Å². The maximum atomic E-state index is 13.1. The van der Waals surface area contributed by atoms with E-state index in [1.54, 1.807) is 0 Å². The van der Waals surface area contributed by atoms with Gasteiger partial charge < -0.3 is 10.4 Å². The van der Waals surface area contributed by atoms with Crippen LogP contribution in [-0.4, -0.2) is 17.4 Å². The summed E-state index contributed by atoms with van der Waals surface area (Å²) in [6.07, 6.45) is -19.2. The van der Waals surface area contributed by atoms with Gasteiger partial charge in [-0.25, -0.2) is 4.98 Å². The predicted molar refractivity (Wildman–Crippen MR) is 119 cm³/mol. The highest BCUT2D eigenvalue weighted by Crippen LogP contribution is 2.21. The van der Waals surface area contributed by atoms with Crippen molar-refractivity contribution in [2.75, 3.05) is 5.31 Å². The number of carbonyl (C=O) groups is 1. The third kappa shape index (κ3) is 6.80. The van der Waals surface area contributed by atoms with Crippen molar-refractivity contribution in [1.82, 2.24) is 4.98 Å². The summed E-state index contributed by atoms with van der Waals surface area (Å²) in [6, 6.07) is -8.58. The van der Waals surface area contributed by atoms with Crippen LogP contribution in [0.4, 0.5) is 5.69 Å². The summed E-state index contributed by atoms with van der Waals surface area (Å²) in [5.74, 6) is -1.78. The first-order valence-electron chi connectivity index (χ1n) is 18.0. The van der Waals surface area contributed by atoms with Crippen LogP contribution in [0.15, 0.2) is 53.7 Å². The lowest BCUT2D eigenvalue weighted by molar-refractivity contribution is -0.115. The summed E-state index contributed by atoms with van der Waals surface area (Å²) in [7, 11) is 0. The Kier molecular flexibility index (Phi) is 2.61. The average molecular weight is 429 g/mol. The lowest BCUT2D eigenvalue weighted by Crippen LogP contribution is -2.14. The maximum absolute atomic E-state index is 13.1. The molecule has 3 rings (SSSR count). The molecule has 0 spiro atoms. The van der Waals surface area contributed by atoms with Crippen LogP contribution in [0, 0.1) is 13.8 Å². The minimum atomic E-state index is -3.68. The fraction of sp³-hybridized carbons (Fsp3) is 0.333. The molecule has 152 valence electrons. The molecule has 0 bridgehead atoms. The molecule has 0 unspecified atom stereocenters. The molecule has 0 aliphatic carbocycles. The molecule has 0 saturated heterocycles. The second-order valence-corrected chi connectivity index (χ2v) is 6.43. The zero-order valence-electron chi connectivity index (χ0n) is 35.3. The van der Waals surface area contributed by atoms with Crippen molar-refractivity contribution < 1.29 is 36.0 Å². The molecule has 4 nitrogen and oxygen atoms in total. The quantitative estimate of drug-likeness (QED) is 0.455. The summed E-state index contributed by atoms with van der Waals surface area (Å²) in [5.41, 5.74) is -4.46. The molecule has 0 aliphatic heterocycles. The Bertz CT molecular complexity index is 1770. The van der Waals surface area contributed by atoms with Crippen LogP contribution in [0.2, 0.25) is 1.41 Å². The molecule has 5 heteroatoms. The molecule has 0 fully saturated rings. The van der Waals surface area contributed by atoms with Gasteiger partial charge in [-0.3, -0.25) is 4.79 Å². The molecule has 1 atom stereocenters. The van der Waals surface area contributed by atoms with Gasteiger partial charge in [0.15, 0.2) is 1.41 Å². The largest absolute Gasteiger partial charge is 0.388 e. The highest BCUT2D eigenvalue weighted by molar-refractivity contribution is 7.09. The van der Waals surface area contributed by atoms with E-state index in [1.165, 1.54) is 6.92 Å². The fourth-order valence-corrected chi connectivity index (χ4v) is 2.41. The Morgan fingerprint density at radius 1 is 1.38 bits per heavy atom. The topological polar surface area (TPSA) is 62.2 Å². The Labute approximate surface area is 204 Å². The molecule has 3 aromatic rings. The summed E-state index contributed by atoms with van der Waals surface area (Å²) in [4.78, 5) is 16.9. The monoisotopic (exact) mass is 428 g/mol. The molecule has 2 N–H and O–H groups in total. The van der Waals surface area contributed by atoms with Gasteiger partial charge in [-0.2, -0.15) is 0 Å². The van der Waals surface area contributed by atoms with E-state index in [0.717, 1.165) is 18.3 Å². The Balaban J connectivity index is 2.15. The van der Waals surface area contributed by atoms with E-state index in [2.05, 4.69) is 10.1 Å². The first-order chi connectivity index (χ1) is 22.1. The summed E-state index contributed by atoms with van der Waals surface area (Å²) >= 11 is 0.729. The SMILES string of the molecule is [2H]O[C@]([2H])(c1c([2H])c([2H])c([2H])c(C)c1[2H])C([2H])([2H])CC([2H])([2H])C([2H])([2H])c1c([2H])c([2H])c(N([2H])C(=O)C([2H])([2H])c2nc(C)sc2[2H])c([2H])c1[2H]. The van der Waals surface area contributed by atoms with Gasteiger partial charge in [0.25, 0.3) is 0 Å². The highest BCUT2D eigenvalue weighted by Gasteiger charge is 2.08. The number of benzene rings is 2. The number of aryl methyl sites for hydroxylation is 1. The third-order valence-electron chi connectivity index (χ3n) is 3.14. The molecule has 1 heterocycles. The van der Waals surface area contributed by atoms with E-state index in [1.807, 2.05) is 0 Å². The van der Waals surface area contributed by atoms with E-state index in [0.29, 0.717) is 0 Å². The molecule has 0 saturated carbocycles. The summed E-state index contributed by atoms with van der Waals surface area (Å²) in [5, 5.41) is 3.75. The predicted octanol–water partition coefficient (Wildman–Crippen LogP) is 5.39. The Morgan fingerprint density at radius 2 is 2.21 bits per heavy atom. The van der Waals surface area contributed by atoms with Crippen LogP contribution >= 0.6 is 11.3 Å². The number of nitrogens with one attached hydrogen (secondary N) is 1. The summed E-state index contributed by atoms with van der Waals surface area (Å²) in [6.45, 7) is 2.58. The maximum Gasteiger partial charge on any atom is 0.230 e. The Hall–Kier alpha value is -2.50. The number of anilines is 1. The van der Waals surface area contributed by atoms with Gasteiger partial charge in [0, 0.05) is 22.0 Å². The van der Waals surface area contributed by atoms with Crippen molar-refractivity contribution in [1.29, 1.82) is 1.43 Å². The molecule has 0 aliphatic rings. The Morgan fingerprint density at radius 3 is 2.93 bits per heavy atom. The number of hydrogen-bond acceptors (Lipinski definition) is 4. The first kappa shape index (κ1) is 7.33. The smallest absolute Gasteiger partial charge is 0.230 e. The second-order valence-electron chi connectivity index (χ2n) is 5.43. The zero-order chi connectivity index (χ0) is 38.1. The number of hydrogen-bond donors (Lipinski definition) is 2. The van der Waals surface area contributed by atoms with Gasteiger partial charge in [0.05, 0.1) is 36.9 Å². The number of aromatic nitrogens is 1. The molecular weight excluding hydrogens is 380 g/mol. The van der Waals surface area contributed by atoms with Crippen LogP contribution in [0.1, 0.15) is 77.3 Å². The van der Waals surface area contributed by atoms with E-state index >= 15 is 0 Å². The minimum absolute atomic E-state index is 0.210. The van der Waals surface area contributed by atoms with Crippen molar-refractivity contribution in [3.8, 4) is 0 Å². The van der Waals surface area contributed by atoms with E-state index < -0.39 is 120 Å². The van der Waals surface area contributed by atoms with Crippen LogP contribution in [-0.2, 0) is 17.5 Å². The van der Waals surface area contributed by atoms with Gasteiger partial charge in [0.1, 0.15) is 0 Å². The number of thiazole rings is 1. The second kappa shape index (κ2) is 10.3. The number of aliphatic hydroxyl groups is 1. The molecular formula is C24H28N2O2S. The molecule has 1 aromatic heterocycles. The number of carbonyl (C=O) groups excluding carboxylic acids is 1. The van der Waals surface area contributed by atoms with E-state index in [9.17, 15) is 4.79 Å². The number of rotatable bonds is 10. The van der Waals surface area contributed by atoms with Gasteiger partial charge in [-0.1, -0.05) is 48.2 Å². The summed E-state index contributed by atoms with van der Waals surface area (Å²) < 4.78 is 166. The zero-order valence-corrected chi connectivity index (χ0v) is 16.1. The van der Waals surface area contributed by atoms with Crippen molar-refractivity contribution in [3.05, 3.63) is 81.1 Å². The van der Waals surface area contributed by atoms with Gasteiger partial charge in [-0.15, -0.1) is 11.3 Å². The number of amides is 1. The number of nitrogens with zero attached hydrogens (tertiary/aromatic N) is 1. The normalized spacial score (nSPS) is 24.9. The van der Waals surface area contributed by atoms with Gasteiger partial charge in [0.2, 0.25) is 7.34 Å². The molecule has 2 aromatic carbocycles. The lowest BCUT2D eigenvalue weighted by atomic mass is 10.00. The van der Waals surface area contributed by atoms with Crippen molar-refractivity contribution in [2.24, 2.45) is 0 Å². The van der Waals surface area contributed by atoms with Crippen molar-refractivity contribution in [2.45, 2.75) is 51.8 Å². The highest BCUT2D eigenvalue weighted by atomic mass is 32.1. The van der Waals surface area contributed by atoms with Crippen molar-refractivity contribution >= 4 is 22.9 Å². The fourth-order valence-electron chi connectivity index (χ4n) is 1.93. The first-order valence-corrected chi connectivity index (χ1v) is 8.98. The average Bonchev–Trinajstić information content (AvgIpc) is 3.35. The van der Waals surface area contributed by atoms with Crippen LogP contribution < -0.4 is 5.31 Å². The standard InChI is InChI=1S/C24H28N2O2S/c1-17-6-5-8-20(14-17)23(27)9-4-3-7-19-10-12-21(13-11-19)26-24(28)15-22-16-29-18(2)25-22/h5-6,8,10-14,16,23,27H,3-4,7,9,15H2,1-2H3,(H,26,28)/t23-/m0/s1/i3D2,5D,6D,7D2,8D,9D2,10D,11D,12D,13D,14D,15D2,16D,23D,27D/hD. The van der Waals surface area contributed by atoms with Crippen molar-refractivity contribution in [3.63, 3.8) is 0 Å². The van der Waals surface area contributed by atoms with Crippen LogP contribution in [0.5, 0.6) is 0 Å². The van der Waals surface area contributed by atoms with E-state index in [4.69, 9.17) is 27.5 Å². The van der Waals surface area contributed by atoms with Crippen LogP contribution in [0.25, 0.3) is 0 Å². The third-order valence-corrected chi connectivity index (χ3v) is 3.83.